The zero-order valence-corrected chi connectivity index (χ0v) is 13.3. The topological polar surface area (TPSA) is 71.2 Å². The molecule has 122 valence electrons. The minimum absolute atomic E-state index is 0.0886. The summed E-state index contributed by atoms with van der Waals surface area (Å²) in [6.07, 6.45) is 0. The summed E-state index contributed by atoms with van der Waals surface area (Å²) >= 11 is 0. The molecule has 0 fully saturated rings. The average molecular weight is 322 g/mol. The van der Waals surface area contributed by atoms with Crippen molar-refractivity contribution in [3.8, 4) is 5.75 Å². The molecule has 0 aliphatic carbocycles. The van der Waals surface area contributed by atoms with Gasteiger partial charge in [-0.25, -0.2) is 0 Å². The number of H-pyrrole nitrogens is 1. The van der Waals surface area contributed by atoms with Crippen LogP contribution >= 0.6 is 0 Å². The van der Waals surface area contributed by atoms with E-state index in [0.29, 0.717) is 11.3 Å². The highest BCUT2D eigenvalue weighted by molar-refractivity contribution is 5.80. The molecule has 0 aliphatic heterocycles. The highest BCUT2D eigenvalue weighted by Crippen LogP contribution is 2.13. The Morgan fingerprint density at radius 3 is 2.71 bits per heavy atom. The summed E-state index contributed by atoms with van der Waals surface area (Å²) in [7, 11) is 0. The van der Waals surface area contributed by atoms with Crippen molar-refractivity contribution in [2.45, 2.75) is 13.5 Å². The summed E-state index contributed by atoms with van der Waals surface area (Å²) in [5.41, 5.74) is 2.19. The van der Waals surface area contributed by atoms with Gasteiger partial charge in [-0.2, -0.15) is 0 Å². The number of aromatic amines is 1. The van der Waals surface area contributed by atoms with Crippen molar-refractivity contribution in [2.75, 3.05) is 6.61 Å². The van der Waals surface area contributed by atoms with Gasteiger partial charge >= 0.3 is 0 Å². The molecule has 2 N–H and O–H groups in total. The number of aromatic nitrogens is 1. The molecule has 0 saturated carbocycles. The van der Waals surface area contributed by atoms with Crippen molar-refractivity contribution in [3.05, 3.63) is 76.1 Å². The third-order valence-electron chi connectivity index (χ3n) is 3.67. The van der Waals surface area contributed by atoms with Crippen LogP contribution in [0.15, 0.2) is 59.4 Å². The van der Waals surface area contributed by atoms with Crippen LogP contribution in [-0.2, 0) is 11.3 Å². The SMILES string of the molecule is Cc1ccc2cc(CNC(=O)COc3ccccc3)c(=O)[nH]c2c1. The zero-order valence-electron chi connectivity index (χ0n) is 13.3. The second-order valence-electron chi connectivity index (χ2n) is 5.59. The maximum Gasteiger partial charge on any atom is 0.258 e. The molecule has 0 aliphatic rings. The maximum absolute atomic E-state index is 12.1. The van der Waals surface area contributed by atoms with Crippen molar-refractivity contribution < 1.29 is 9.53 Å². The van der Waals surface area contributed by atoms with Crippen LogP contribution < -0.4 is 15.6 Å². The highest BCUT2D eigenvalue weighted by Gasteiger charge is 2.07. The van der Waals surface area contributed by atoms with E-state index in [2.05, 4.69) is 10.3 Å². The monoisotopic (exact) mass is 322 g/mol. The minimum atomic E-state index is -0.276. The standard InChI is InChI=1S/C19H18N2O3/c1-13-7-8-14-10-15(19(23)21-17(14)9-13)11-20-18(22)12-24-16-5-3-2-4-6-16/h2-10H,11-12H2,1H3,(H,20,22)(H,21,23). The van der Waals surface area contributed by atoms with Gasteiger partial charge in [0.1, 0.15) is 5.75 Å². The van der Waals surface area contributed by atoms with Gasteiger partial charge in [0.05, 0.1) is 0 Å². The molecule has 0 unspecified atom stereocenters. The Labute approximate surface area is 139 Å². The maximum atomic E-state index is 12.1. The van der Waals surface area contributed by atoms with Crippen LogP contribution in [0.2, 0.25) is 0 Å². The van der Waals surface area contributed by atoms with E-state index >= 15 is 0 Å². The molecular formula is C19H18N2O3. The second-order valence-corrected chi connectivity index (χ2v) is 5.59. The first-order chi connectivity index (χ1) is 11.6. The summed E-state index contributed by atoms with van der Waals surface area (Å²) < 4.78 is 5.37. The van der Waals surface area contributed by atoms with Gasteiger partial charge in [0.2, 0.25) is 0 Å². The molecule has 0 spiro atoms. The highest BCUT2D eigenvalue weighted by atomic mass is 16.5. The van der Waals surface area contributed by atoms with Gasteiger partial charge in [0.15, 0.2) is 6.61 Å². The molecule has 3 aromatic rings. The predicted molar refractivity (Wildman–Crippen MR) is 93.1 cm³/mol. The Morgan fingerprint density at radius 1 is 1.12 bits per heavy atom. The number of rotatable bonds is 5. The van der Waals surface area contributed by atoms with Crippen LogP contribution in [0.4, 0.5) is 0 Å². The third kappa shape index (κ3) is 3.81. The van der Waals surface area contributed by atoms with Gasteiger partial charge in [-0.15, -0.1) is 0 Å². The number of para-hydroxylation sites is 1. The van der Waals surface area contributed by atoms with E-state index in [-0.39, 0.29) is 24.6 Å². The van der Waals surface area contributed by atoms with E-state index in [9.17, 15) is 9.59 Å². The molecule has 2 aromatic carbocycles. The largest absolute Gasteiger partial charge is 0.484 e. The number of hydrogen-bond acceptors (Lipinski definition) is 3. The van der Waals surface area contributed by atoms with E-state index in [1.165, 1.54) is 0 Å². The molecule has 1 aromatic heterocycles. The number of pyridine rings is 1. The molecule has 1 heterocycles. The fraction of sp³-hybridized carbons (Fsp3) is 0.158. The Bertz CT molecular complexity index is 917. The molecule has 0 radical (unpaired) electrons. The van der Waals surface area contributed by atoms with Crippen molar-refractivity contribution in [3.63, 3.8) is 0 Å². The normalized spacial score (nSPS) is 10.5. The van der Waals surface area contributed by atoms with Crippen LogP contribution in [0, 0.1) is 6.92 Å². The molecule has 0 saturated heterocycles. The number of fused-ring (bicyclic) bond motifs is 1. The number of benzene rings is 2. The first-order valence-corrected chi connectivity index (χ1v) is 7.69. The van der Waals surface area contributed by atoms with E-state index < -0.39 is 0 Å². The van der Waals surface area contributed by atoms with Gasteiger partial charge in [-0.1, -0.05) is 30.3 Å². The van der Waals surface area contributed by atoms with E-state index in [1.54, 1.807) is 18.2 Å². The third-order valence-corrected chi connectivity index (χ3v) is 3.67. The molecule has 1 amide bonds. The lowest BCUT2D eigenvalue weighted by molar-refractivity contribution is -0.123. The molecule has 5 heteroatoms. The average Bonchev–Trinajstić information content (AvgIpc) is 2.59. The summed E-state index contributed by atoms with van der Waals surface area (Å²) in [5, 5.41) is 3.64. The molecule has 24 heavy (non-hydrogen) atoms. The van der Waals surface area contributed by atoms with Crippen molar-refractivity contribution in [1.82, 2.24) is 10.3 Å². The fourth-order valence-corrected chi connectivity index (χ4v) is 2.40. The number of aryl methyl sites for hydroxylation is 1. The summed E-state index contributed by atoms with van der Waals surface area (Å²) in [6, 6.07) is 16.8. The summed E-state index contributed by atoms with van der Waals surface area (Å²) in [4.78, 5) is 26.8. The fourth-order valence-electron chi connectivity index (χ4n) is 2.40. The molecule has 5 nitrogen and oxygen atoms in total. The van der Waals surface area contributed by atoms with Gasteiger partial charge in [0, 0.05) is 17.6 Å². The first-order valence-electron chi connectivity index (χ1n) is 7.69. The smallest absolute Gasteiger partial charge is 0.258 e. The lowest BCUT2D eigenvalue weighted by Gasteiger charge is -2.08. The Kier molecular flexibility index (Phi) is 4.61. The van der Waals surface area contributed by atoms with Gasteiger partial charge in [-0.05, 0) is 42.1 Å². The van der Waals surface area contributed by atoms with Crippen LogP contribution in [0.1, 0.15) is 11.1 Å². The first kappa shape index (κ1) is 15.8. The van der Waals surface area contributed by atoms with Crippen molar-refractivity contribution in [2.24, 2.45) is 0 Å². The zero-order chi connectivity index (χ0) is 16.9. The van der Waals surface area contributed by atoms with Gasteiger partial charge in [0.25, 0.3) is 11.5 Å². The number of carbonyl (C=O) groups is 1. The molecule has 0 atom stereocenters. The lowest BCUT2D eigenvalue weighted by atomic mass is 10.1. The van der Waals surface area contributed by atoms with E-state index in [0.717, 1.165) is 16.5 Å². The van der Waals surface area contributed by atoms with Crippen LogP contribution in [0.5, 0.6) is 5.75 Å². The van der Waals surface area contributed by atoms with Crippen LogP contribution in [-0.4, -0.2) is 17.5 Å². The number of ether oxygens (including phenoxy) is 1. The lowest BCUT2D eigenvalue weighted by Crippen LogP contribution is -2.30. The number of carbonyl (C=O) groups excluding carboxylic acids is 1. The predicted octanol–water partition coefficient (Wildman–Crippen LogP) is 2.53. The Hall–Kier alpha value is -3.08. The van der Waals surface area contributed by atoms with E-state index in [1.807, 2.05) is 43.3 Å². The van der Waals surface area contributed by atoms with Crippen LogP contribution in [0.3, 0.4) is 0 Å². The Balaban J connectivity index is 1.62. The number of amides is 1. The van der Waals surface area contributed by atoms with Crippen molar-refractivity contribution in [1.29, 1.82) is 0 Å². The quantitative estimate of drug-likeness (QED) is 0.758. The van der Waals surface area contributed by atoms with E-state index in [4.69, 9.17) is 4.74 Å². The second kappa shape index (κ2) is 7.00. The van der Waals surface area contributed by atoms with Gasteiger partial charge < -0.3 is 15.0 Å². The number of hydrogen-bond donors (Lipinski definition) is 2. The molecule has 3 rings (SSSR count). The summed E-state index contributed by atoms with van der Waals surface area (Å²) in [6.45, 7) is 2.05. The van der Waals surface area contributed by atoms with Crippen molar-refractivity contribution >= 4 is 16.8 Å². The molecular weight excluding hydrogens is 304 g/mol. The van der Waals surface area contributed by atoms with Gasteiger partial charge in [-0.3, -0.25) is 9.59 Å². The minimum Gasteiger partial charge on any atom is -0.484 e. The number of nitrogens with one attached hydrogen (secondary N) is 2. The Morgan fingerprint density at radius 2 is 1.92 bits per heavy atom. The molecule has 0 bridgehead atoms. The van der Waals surface area contributed by atoms with Crippen LogP contribution in [0.25, 0.3) is 10.9 Å². The summed E-state index contributed by atoms with van der Waals surface area (Å²) in [5.74, 6) is 0.355.